The lowest BCUT2D eigenvalue weighted by atomic mass is 10.1. The molecule has 0 unspecified atom stereocenters. The molecular formula is C14H15N3O3S. The van der Waals surface area contributed by atoms with Crippen molar-refractivity contribution in [3.63, 3.8) is 0 Å². The average Bonchev–Trinajstić information content (AvgIpc) is 2.47. The summed E-state index contributed by atoms with van der Waals surface area (Å²) in [5, 5.41) is 10.3. The van der Waals surface area contributed by atoms with Gasteiger partial charge in [0.2, 0.25) is 5.91 Å². The van der Waals surface area contributed by atoms with Crippen LogP contribution in [0.2, 0.25) is 0 Å². The van der Waals surface area contributed by atoms with Crippen LogP contribution in [0.3, 0.4) is 0 Å². The molecule has 0 saturated carbocycles. The minimum Gasteiger partial charge on any atom is -0.326 e. The first-order valence-electron chi connectivity index (χ1n) is 6.34. The van der Waals surface area contributed by atoms with E-state index in [9.17, 15) is 13.2 Å². The monoisotopic (exact) mass is 305 g/mol. The third-order valence-corrected chi connectivity index (χ3v) is 3.78. The molecule has 0 saturated heterocycles. The van der Waals surface area contributed by atoms with Gasteiger partial charge >= 0.3 is 0 Å². The summed E-state index contributed by atoms with van der Waals surface area (Å²) in [6.07, 6.45) is 1.50. The minimum absolute atomic E-state index is 0.0555. The standard InChI is InChI=1S/C14H15N3O3S/c1-3-13(18)15-11-6-4-10(5-7-11)12-8-9-14(17-16-12)21(2,19)20/h4-9H,3H2,1-2H3,(H,15,18). The van der Waals surface area contributed by atoms with E-state index in [0.717, 1.165) is 11.8 Å². The lowest BCUT2D eigenvalue weighted by Crippen LogP contribution is -2.09. The molecule has 1 N–H and O–H groups in total. The molecule has 2 aromatic rings. The zero-order valence-corrected chi connectivity index (χ0v) is 12.5. The number of hydrogen-bond acceptors (Lipinski definition) is 5. The van der Waals surface area contributed by atoms with Crippen LogP contribution in [-0.4, -0.2) is 30.8 Å². The summed E-state index contributed by atoms with van der Waals surface area (Å²) in [7, 11) is -3.35. The predicted octanol–water partition coefficient (Wildman–Crippen LogP) is 1.90. The topological polar surface area (TPSA) is 89.0 Å². The van der Waals surface area contributed by atoms with Crippen molar-refractivity contribution >= 4 is 21.4 Å². The number of anilines is 1. The molecular weight excluding hydrogens is 290 g/mol. The van der Waals surface area contributed by atoms with Crippen LogP contribution < -0.4 is 5.32 Å². The fourth-order valence-electron chi connectivity index (χ4n) is 1.65. The van der Waals surface area contributed by atoms with E-state index >= 15 is 0 Å². The number of carbonyl (C=O) groups excluding carboxylic acids is 1. The first-order chi connectivity index (χ1) is 9.90. The van der Waals surface area contributed by atoms with Crippen molar-refractivity contribution in [2.45, 2.75) is 18.4 Å². The average molecular weight is 305 g/mol. The van der Waals surface area contributed by atoms with Crippen molar-refractivity contribution in [2.24, 2.45) is 0 Å². The summed E-state index contributed by atoms with van der Waals surface area (Å²) in [5.74, 6) is -0.0555. The van der Waals surface area contributed by atoms with Gasteiger partial charge in [-0.15, -0.1) is 10.2 Å². The van der Waals surface area contributed by atoms with Crippen LogP contribution in [0, 0.1) is 0 Å². The molecule has 2 rings (SSSR count). The van der Waals surface area contributed by atoms with E-state index in [1.165, 1.54) is 6.07 Å². The molecule has 1 amide bonds. The highest BCUT2D eigenvalue weighted by Crippen LogP contribution is 2.19. The molecule has 0 bridgehead atoms. The van der Waals surface area contributed by atoms with Gasteiger partial charge in [-0.25, -0.2) is 8.42 Å². The quantitative estimate of drug-likeness (QED) is 0.931. The van der Waals surface area contributed by atoms with Crippen molar-refractivity contribution < 1.29 is 13.2 Å². The summed E-state index contributed by atoms with van der Waals surface area (Å²) >= 11 is 0. The lowest BCUT2D eigenvalue weighted by Gasteiger charge is -2.05. The fourth-order valence-corrected chi connectivity index (χ4v) is 2.15. The summed E-state index contributed by atoms with van der Waals surface area (Å²) in [4.78, 5) is 11.3. The highest BCUT2D eigenvalue weighted by Gasteiger charge is 2.10. The maximum Gasteiger partial charge on any atom is 0.224 e. The van der Waals surface area contributed by atoms with Gasteiger partial charge in [-0.2, -0.15) is 0 Å². The Morgan fingerprint density at radius 2 is 1.76 bits per heavy atom. The van der Waals surface area contributed by atoms with Crippen molar-refractivity contribution in [1.82, 2.24) is 10.2 Å². The van der Waals surface area contributed by atoms with Crippen LogP contribution in [0.4, 0.5) is 5.69 Å². The van der Waals surface area contributed by atoms with Crippen LogP contribution >= 0.6 is 0 Å². The van der Waals surface area contributed by atoms with E-state index in [-0.39, 0.29) is 10.9 Å². The molecule has 0 aliphatic rings. The number of amides is 1. The van der Waals surface area contributed by atoms with Crippen molar-refractivity contribution in [3.05, 3.63) is 36.4 Å². The zero-order chi connectivity index (χ0) is 15.5. The number of aromatic nitrogens is 2. The van der Waals surface area contributed by atoms with Crippen LogP contribution in [0.5, 0.6) is 0 Å². The molecule has 0 aliphatic carbocycles. The summed E-state index contributed by atoms with van der Waals surface area (Å²) in [5.41, 5.74) is 2.05. The number of carbonyl (C=O) groups is 1. The summed E-state index contributed by atoms with van der Waals surface area (Å²) < 4.78 is 22.6. The van der Waals surface area contributed by atoms with E-state index in [1.54, 1.807) is 37.3 Å². The second-order valence-corrected chi connectivity index (χ2v) is 6.47. The number of nitrogens with zero attached hydrogens (tertiary/aromatic N) is 2. The normalized spacial score (nSPS) is 11.1. The highest BCUT2D eigenvalue weighted by atomic mass is 32.2. The first kappa shape index (κ1) is 15.1. The van der Waals surface area contributed by atoms with Crippen LogP contribution in [0.15, 0.2) is 41.4 Å². The Hall–Kier alpha value is -2.28. The van der Waals surface area contributed by atoms with Crippen LogP contribution in [-0.2, 0) is 14.6 Å². The summed E-state index contributed by atoms with van der Waals surface area (Å²) in [6, 6.07) is 10.1. The fraction of sp³-hybridized carbons (Fsp3) is 0.214. The molecule has 0 radical (unpaired) electrons. The highest BCUT2D eigenvalue weighted by molar-refractivity contribution is 7.90. The molecule has 0 fully saturated rings. The molecule has 7 heteroatoms. The third-order valence-electron chi connectivity index (χ3n) is 2.81. The summed E-state index contributed by atoms with van der Waals surface area (Å²) in [6.45, 7) is 1.78. The Bertz CT molecular complexity index is 738. The van der Waals surface area contributed by atoms with E-state index in [4.69, 9.17) is 0 Å². The van der Waals surface area contributed by atoms with Gasteiger partial charge in [0, 0.05) is 23.9 Å². The second-order valence-electron chi connectivity index (χ2n) is 4.51. The van der Waals surface area contributed by atoms with Gasteiger partial charge in [-0.1, -0.05) is 19.1 Å². The molecule has 6 nitrogen and oxygen atoms in total. The number of benzene rings is 1. The maximum atomic E-state index is 11.3. The predicted molar refractivity (Wildman–Crippen MR) is 79.5 cm³/mol. The minimum atomic E-state index is -3.35. The Morgan fingerprint density at radius 1 is 1.10 bits per heavy atom. The number of rotatable bonds is 4. The molecule has 1 aromatic heterocycles. The van der Waals surface area contributed by atoms with Crippen molar-refractivity contribution in [2.75, 3.05) is 11.6 Å². The molecule has 0 aliphatic heterocycles. The smallest absolute Gasteiger partial charge is 0.224 e. The lowest BCUT2D eigenvalue weighted by molar-refractivity contribution is -0.115. The molecule has 0 atom stereocenters. The largest absolute Gasteiger partial charge is 0.326 e. The second kappa shape index (κ2) is 6.01. The molecule has 1 aromatic carbocycles. The third kappa shape index (κ3) is 3.85. The van der Waals surface area contributed by atoms with Gasteiger partial charge < -0.3 is 5.32 Å². The van der Waals surface area contributed by atoms with Gasteiger partial charge in [0.05, 0.1) is 5.69 Å². The maximum absolute atomic E-state index is 11.3. The Balaban J connectivity index is 2.21. The van der Waals surface area contributed by atoms with Gasteiger partial charge in [-0.05, 0) is 24.3 Å². The SMILES string of the molecule is CCC(=O)Nc1ccc(-c2ccc(S(C)(=O)=O)nn2)cc1. The van der Waals surface area contributed by atoms with Gasteiger partial charge in [0.15, 0.2) is 14.9 Å². The number of nitrogens with one attached hydrogen (secondary N) is 1. The first-order valence-corrected chi connectivity index (χ1v) is 8.23. The van der Waals surface area contributed by atoms with E-state index in [0.29, 0.717) is 17.8 Å². The van der Waals surface area contributed by atoms with Gasteiger partial charge in [-0.3, -0.25) is 4.79 Å². The Labute approximate surface area is 123 Å². The zero-order valence-electron chi connectivity index (χ0n) is 11.7. The van der Waals surface area contributed by atoms with Crippen LogP contribution in [0.25, 0.3) is 11.3 Å². The van der Waals surface area contributed by atoms with E-state index in [1.807, 2.05) is 0 Å². The van der Waals surface area contributed by atoms with Crippen molar-refractivity contribution in [3.8, 4) is 11.3 Å². The van der Waals surface area contributed by atoms with E-state index in [2.05, 4.69) is 15.5 Å². The Kier molecular flexibility index (Phi) is 4.32. The Morgan fingerprint density at radius 3 is 2.24 bits per heavy atom. The number of hydrogen-bond donors (Lipinski definition) is 1. The molecule has 1 heterocycles. The van der Waals surface area contributed by atoms with Crippen LogP contribution in [0.1, 0.15) is 13.3 Å². The molecule has 0 spiro atoms. The number of sulfone groups is 1. The van der Waals surface area contributed by atoms with Crippen molar-refractivity contribution in [1.29, 1.82) is 0 Å². The molecule has 110 valence electrons. The van der Waals surface area contributed by atoms with Gasteiger partial charge in [0.25, 0.3) is 0 Å². The van der Waals surface area contributed by atoms with Gasteiger partial charge in [0.1, 0.15) is 0 Å². The molecule has 21 heavy (non-hydrogen) atoms. The van der Waals surface area contributed by atoms with E-state index < -0.39 is 9.84 Å².